The molecule has 0 saturated heterocycles. The van der Waals surface area contributed by atoms with Crippen LogP contribution in [0.25, 0.3) is 0 Å². The molecule has 0 aromatic rings. The van der Waals surface area contributed by atoms with E-state index in [0.717, 1.165) is 11.1 Å². The number of hydrogen-bond donors (Lipinski definition) is 1. The van der Waals surface area contributed by atoms with Crippen molar-refractivity contribution in [3.05, 3.63) is 35.6 Å². The van der Waals surface area contributed by atoms with Gasteiger partial charge in [-0.05, 0) is 26.3 Å². The molecule has 0 bridgehead atoms. The number of hydrogen-bond acceptors (Lipinski definition) is 1. The molecule has 0 rings (SSSR count). The molecule has 74 valence electrons. The zero-order chi connectivity index (χ0) is 10.4. The van der Waals surface area contributed by atoms with Crippen LogP contribution in [0.5, 0.6) is 0 Å². The third-order valence-electron chi connectivity index (χ3n) is 1.81. The predicted molar refractivity (Wildman–Crippen MR) is 56.0 cm³/mol. The number of allylic oxidation sites excluding steroid dienone is 5. The minimum absolute atomic E-state index is 0.100. The zero-order valence-corrected chi connectivity index (χ0v) is 8.60. The Labute approximate surface area is 79.8 Å². The van der Waals surface area contributed by atoms with Crippen LogP contribution in [-0.2, 0) is 0 Å². The lowest BCUT2D eigenvalue weighted by atomic mass is 10.0. The number of halogens is 1. The first kappa shape index (κ1) is 11.9. The topological polar surface area (TPSA) is 26.0 Å². The molecule has 0 fully saturated rings. The van der Waals surface area contributed by atoms with Crippen molar-refractivity contribution in [2.45, 2.75) is 33.4 Å². The van der Waals surface area contributed by atoms with Gasteiger partial charge in [-0.2, -0.15) is 0 Å². The highest BCUT2D eigenvalue weighted by Crippen LogP contribution is 2.17. The molecule has 1 atom stereocenters. The Balaban J connectivity index is 4.46. The largest absolute Gasteiger partial charge is 0.400 e. The lowest BCUT2D eigenvalue weighted by Crippen LogP contribution is -2.12. The Bertz CT molecular complexity index is 234. The highest BCUT2D eigenvalue weighted by atomic mass is 19.1. The van der Waals surface area contributed by atoms with E-state index in [0.29, 0.717) is 6.42 Å². The Morgan fingerprint density at radius 3 is 2.38 bits per heavy atom. The number of rotatable bonds is 4. The molecule has 1 nitrogen and oxygen atoms in total. The minimum Gasteiger partial charge on any atom is -0.400 e. The summed E-state index contributed by atoms with van der Waals surface area (Å²) in [5, 5.41) is 0. The van der Waals surface area contributed by atoms with Gasteiger partial charge in [-0.25, -0.2) is 4.39 Å². The predicted octanol–water partition coefficient (Wildman–Crippen LogP) is 3.10. The van der Waals surface area contributed by atoms with E-state index in [1.54, 1.807) is 0 Å². The van der Waals surface area contributed by atoms with Crippen molar-refractivity contribution < 1.29 is 4.39 Å². The van der Waals surface area contributed by atoms with Gasteiger partial charge in [-0.1, -0.05) is 24.3 Å². The van der Waals surface area contributed by atoms with Crippen LogP contribution in [-0.4, -0.2) is 6.17 Å². The molecule has 0 radical (unpaired) electrons. The Hall–Kier alpha value is -1.05. The summed E-state index contributed by atoms with van der Waals surface area (Å²) in [5.74, 6) is 0. The van der Waals surface area contributed by atoms with Crippen molar-refractivity contribution in [2.24, 2.45) is 5.73 Å². The lowest BCUT2D eigenvalue weighted by molar-refractivity contribution is 0.378. The molecule has 13 heavy (non-hydrogen) atoms. The van der Waals surface area contributed by atoms with E-state index in [1.165, 1.54) is 0 Å². The third-order valence-corrected chi connectivity index (χ3v) is 1.81. The van der Waals surface area contributed by atoms with Crippen LogP contribution >= 0.6 is 0 Å². The highest BCUT2D eigenvalue weighted by Gasteiger charge is 2.09. The zero-order valence-electron chi connectivity index (χ0n) is 8.60. The second-order valence-electron chi connectivity index (χ2n) is 3.27. The summed E-state index contributed by atoms with van der Waals surface area (Å²) in [6.45, 7) is 9.21. The highest BCUT2D eigenvalue weighted by molar-refractivity contribution is 5.25. The van der Waals surface area contributed by atoms with E-state index in [2.05, 4.69) is 6.58 Å². The standard InChI is InChI=1S/C11H18FN/c1-5-6-10(8(2)3)7-11(12)9(4)13/h5-6,11H,4,7,13H2,1-3H3/b6-5-/t11-/m0/s1. The molecule has 0 aromatic carbocycles. The maximum Gasteiger partial charge on any atom is 0.143 e. The minimum atomic E-state index is -1.14. The average Bonchev–Trinajstić information content (AvgIpc) is 2.03. The summed E-state index contributed by atoms with van der Waals surface area (Å²) in [6, 6.07) is 0. The molecular weight excluding hydrogens is 165 g/mol. The Morgan fingerprint density at radius 1 is 1.54 bits per heavy atom. The van der Waals surface area contributed by atoms with E-state index < -0.39 is 6.17 Å². The molecular formula is C11H18FN. The summed E-state index contributed by atoms with van der Waals surface area (Å²) in [5.41, 5.74) is 7.47. The molecule has 0 unspecified atom stereocenters. The first-order valence-corrected chi connectivity index (χ1v) is 4.36. The molecule has 0 aliphatic rings. The fourth-order valence-corrected chi connectivity index (χ4v) is 0.964. The van der Waals surface area contributed by atoms with Crippen molar-refractivity contribution >= 4 is 0 Å². The van der Waals surface area contributed by atoms with Crippen LogP contribution in [0.4, 0.5) is 4.39 Å². The van der Waals surface area contributed by atoms with Crippen LogP contribution in [0.3, 0.4) is 0 Å². The number of nitrogens with two attached hydrogens (primary N) is 1. The second kappa shape index (κ2) is 5.57. The first-order valence-electron chi connectivity index (χ1n) is 4.36. The number of alkyl halides is 1. The lowest BCUT2D eigenvalue weighted by Gasteiger charge is -2.09. The van der Waals surface area contributed by atoms with Crippen molar-refractivity contribution in [3.8, 4) is 0 Å². The summed E-state index contributed by atoms with van der Waals surface area (Å²) >= 11 is 0. The van der Waals surface area contributed by atoms with Crippen molar-refractivity contribution in [2.75, 3.05) is 0 Å². The van der Waals surface area contributed by atoms with Crippen LogP contribution < -0.4 is 5.73 Å². The second-order valence-corrected chi connectivity index (χ2v) is 3.27. The van der Waals surface area contributed by atoms with Crippen molar-refractivity contribution in [3.63, 3.8) is 0 Å². The summed E-state index contributed by atoms with van der Waals surface area (Å²) in [6.07, 6.45) is 2.99. The first-order chi connectivity index (χ1) is 5.99. The quantitative estimate of drug-likeness (QED) is 0.666. The fourth-order valence-electron chi connectivity index (χ4n) is 0.964. The molecule has 0 aliphatic carbocycles. The molecule has 0 amide bonds. The van der Waals surface area contributed by atoms with Crippen LogP contribution in [0.2, 0.25) is 0 Å². The summed E-state index contributed by atoms with van der Waals surface area (Å²) in [4.78, 5) is 0. The average molecular weight is 183 g/mol. The van der Waals surface area contributed by atoms with Gasteiger partial charge < -0.3 is 5.73 Å². The van der Waals surface area contributed by atoms with Gasteiger partial charge in [0.2, 0.25) is 0 Å². The maximum absolute atomic E-state index is 13.2. The van der Waals surface area contributed by atoms with E-state index in [4.69, 9.17) is 5.73 Å². The Morgan fingerprint density at radius 2 is 2.08 bits per heavy atom. The van der Waals surface area contributed by atoms with E-state index >= 15 is 0 Å². The molecule has 2 heteroatoms. The Kier molecular flexibility index (Phi) is 5.12. The van der Waals surface area contributed by atoms with E-state index in [9.17, 15) is 4.39 Å². The van der Waals surface area contributed by atoms with Crippen LogP contribution in [0, 0.1) is 0 Å². The van der Waals surface area contributed by atoms with Gasteiger partial charge in [0, 0.05) is 12.1 Å². The molecule has 0 heterocycles. The molecule has 2 N–H and O–H groups in total. The van der Waals surface area contributed by atoms with E-state index in [1.807, 2.05) is 32.9 Å². The van der Waals surface area contributed by atoms with Gasteiger partial charge >= 0.3 is 0 Å². The van der Waals surface area contributed by atoms with Gasteiger partial charge in [-0.3, -0.25) is 0 Å². The molecule has 0 spiro atoms. The van der Waals surface area contributed by atoms with E-state index in [-0.39, 0.29) is 5.70 Å². The summed E-state index contributed by atoms with van der Waals surface area (Å²) in [7, 11) is 0. The SMILES string of the molecule is C=C(N)[C@@H](F)CC(/C=C\C)=C(C)C. The van der Waals surface area contributed by atoms with Gasteiger partial charge in [0.15, 0.2) is 0 Å². The molecule has 0 aliphatic heterocycles. The van der Waals surface area contributed by atoms with Crippen LogP contribution in [0.15, 0.2) is 35.6 Å². The van der Waals surface area contributed by atoms with Crippen molar-refractivity contribution in [1.29, 1.82) is 0 Å². The third kappa shape index (κ3) is 4.51. The fraction of sp³-hybridized carbons (Fsp3) is 0.455. The van der Waals surface area contributed by atoms with Gasteiger partial charge in [0.1, 0.15) is 6.17 Å². The van der Waals surface area contributed by atoms with Gasteiger partial charge in [-0.15, -0.1) is 0 Å². The van der Waals surface area contributed by atoms with Crippen molar-refractivity contribution in [1.82, 2.24) is 0 Å². The van der Waals surface area contributed by atoms with Gasteiger partial charge in [0.25, 0.3) is 0 Å². The maximum atomic E-state index is 13.2. The normalized spacial score (nSPS) is 12.9. The van der Waals surface area contributed by atoms with Crippen LogP contribution in [0.1, 0.15) is 27.2 Å². The summed E-state index contributed by atoms with van der Waals surface area (Å²) < 4.78 is 13.2. The smallest absolute Gasteiger partial charge is 0.143 e. The molecule has 0 aromatic heterocycles. The monoisotopic (exact) mass is 183 g/mol. The molecule has 0 saturated carbocycles. The van der Waals surface area contributed by atoms with Gasteiger partial charge in [0.05, 0.1) is 0 Å².